The number of fused-ring (bicyclic) bond motifs is 1. The van der Waals surface area contributed by atoms with Gasteiger partial charge < -0.3 is 36.0 Å². The first kappa shape index (κ1) is 33.8. The second kappa shape index (κ2) is 14.2. The van der Waals surface area contributed by atoms with E-state index in [2.05, 4.69) is 31.5 Å². The summed E-state index contributed by atoms with van der Waals surface area (Å²) in [6.45, 7) is 4.56. The molecule has 6 rings (SSSR count). The third-order valence-corrected chi connectivity index (χ3v) is 11.5. The van der Waals surface area contributed by atoms with Crippen molar-refractivity contribution in [3.05, 3.63) is 44.1 Å². The number of likely N-dealkylation sites (tertiary alicyclic amines) is 3. The lowest BCUT2D eigenvalue weighted by atomic mass is 9.98. The summed E-state index contributed by atoms with van der Waals surface area (Å²) in [5, 5.41) is 9.85. The maximum absolute atomic E-state index is 14.0. The number of amides is 5. The summed E-state index contributed by atoms with van der Waals surface area (Å²) in [5.41, 5.74) is 6.54. The molecule has 0 spiro atoms. The van der Waals surface area contributed by atoms with Crippen LogP contribution in [-0.4, -0.2) is 102 Å². The Labute approximate surface area is 284 Å². The van der Waals surface area contributed by atoms with Crippen molar-refractivity contribution in [2.45, 2.75) is 75.7 Å². The molecule has 3 saturated heterocycles. The molecule has 4 aliphatic rings. The zero-order chi connectivity index (χ0) is 33.3. The lowest BCUT2D eigenvalue weighted by Crippen LogP contribution is -2.57. The molecule has 3 fully saturated rings. The van der Waals surface area contributed by atoms with Crippen molar-refractivity contribution in [1.82, 2.24) is 24.9 Å². The molecule has 5 heterocycles. The Hall–Kier alpha value is -3.04. The molecule has 4 aliphatic heterocycles. The van der Waals surface area contributed by atoms with Crippen LogP contribution in [0.15, 0.2) is 27.4 Å². The van der Waals surface area contributed by atoms with Crippen molar-refractivity contribution < 1.29 is 27.6 Å². The predicted molar refractivity (Wildman–Crippen MR) is 178 cm³/mol. The number of nitrogens with one attached hydrogen (secondary N) is 2. The molecule has 4 N–H and O–H groups in total. The summed E-state index contributed by atoms with van der Waals surface area (Å²) in [6.07, 6.45) is 1.13. The number of carbonyl (C=O) groups excluding carboxylic acids is 3. The van der Waals surface area contributed by atoms with Gasteiger partial charge in [-0.25, -0.2) is 9.59 Å². The number of nitrogens with two attached hydrogens (primary N) is 1. The van der Waals surface area contributed by atoms with Crippen LogP contribution in [0.25, 0.3) is 0 Å². The highest BCUT2D eigenvalue weighted by atomic mass is 79.9. The number of hydrogen-bond donors (Lipinski definition) is 3. The largest absolute Gasteiger partial charge is 0.418 e. The number of rotatable bonds is 6. The molecule has 1 aromatic heterocycles. The molecule has 0 aliphatic carbocycles. The topological polar surface area (TPSA) is 114 Å². The van der Waals surface area contributed by atoms with E-state index in [-0.39, 0.29) is 34.4 Å². The number of alkyl halides is 3. The Morgan fingerprint density at radius 1 is 0.979 bits per heavy atom. The number of nitrogens with zero attached hydrogens (tertiary/aromatic N) is 4. The summed E-state index contributed by atoms with van der Waals surface area (Å²) < 4.78 is 41.5. The molecule has 0 radical (unpaired) electrons. The van der Waals surface area contributed by atoms with E-state index in [0.29, 0.717) is 51.6 Å². The smallest absolute Gasteiger partial charge is 0.397 e. The molecular formula is C32H41BrF3N7O3S. The third kappa shape index (κ3) is 7.67. The van der Waals surface area contributed by atoms with Crippen molar-refractivity contribution in [2.24, 2.45) is 0 Å². The summed E-state index contributed by atoms with van der Waals surface area (Å²) in [6, 6.07) is 1.18. The van der Waals surface area contributed by atoms with E-state index in [1.165, 1.54) is 18.9 Å². The number of thiophene rings is 1. The Kier molecular flexibility index (Phi) is 10.2. The molecular weight excluding hydrogens is 699 g/mol. The minimum atomic E-state index is -4.68. The number of carbonyl (C=O) groups is 3. The van der Waals surface area contributed by atoms with Gasteiger partial charge in [0.15, 0.2) is 0 Å². The molecule has 256 valence electrons. The van der Waals surface area contributed by atoms with Crippen molar-refractivity contribution in [3.8, 4) is 0 Å². The highest BCUT2D eigenvalue weighted by Crippen LogP contribution is 2.38. The zero-order valence-corrected chi connectivity index (χ0v) is 28.6. The van der Waals surface area contributed by atoms with Crippen molar-refractivity contribution >= 4 is 56.6 Å². The van der Waals surface area contributed by atoms with Gasteiger partial charge in [0.05, 0.1) is 16.9 Å². The second-order valence-corrected chi connectivity index (χ2v) is 14.5. The summed E-state index contributed by atoms with van der Waals surface area (Å²) in [7, 11) is 0. The molecule has 5 amide bonds. The standard InChI is InChI=1S/C32H41BrF3N7O3S/c33-25-16-20(15-24(28(25)37)32(34,35)36)17-26(29(44)41-10-4-22(5-11-41)40-8-1-2-9-40)38-30(45)42-12-6-23(7-13-42)43-14-3-21-18-47-19-27(21)39-31(43)46/h15-16,18-19,22-23,26H,1-14,17,37H2,(H,38,45)(H,39,46)/t26-/m1/s1. The first-order chi connectivity index (χ1) is 22.5. The molecule has 1 atom stereocenters. The van der Waals surface area contributed by atoms with Gasteiger partial charge >= 0.3 is 18.2 Å². The number of benzene rings is 1. The van der Waals surface area contributed by atoms with Gasteiger partial charge in [-0.2, -0.15) is 13.2 Å². The minimum Gasteiger partial charge on any atom is -0.397 e. The van der Waals surface area contributed by atoms with E-state index < -0.39 is 29.5 Å². The first-order valence-corrected chi connectivity index (χ1v) is 18.1. The highest BCUT2D eigenvalue weighted by molar-refractivity contribution is 9.10. The van der Waals surface area contributed by atoms with Crippen LogP contribution in [0.5, 0.6) is 0 Å². The first-order valence-electron chi connectivity index (χ1n) is 16.3. The summed E-state index contributed by atoms with van der Waals surface area (Å²) in [4.78, 5) is 48.2. The van der Waals surface area contributed by atoms with E-state index in [1.807, 2.05) is 15.7 Å². The van der Waals surface area contributed by atoms with Gasteiger partial charge in [0, 0.05) is 61.1 Å². The fourth-order valence-corrected chi connectivity index (χ4v) is 8.70. The van der Waals surface area contributed by atoms with Crippen LogP contribution in [0, 0.1) is 0 Å². The second-order valence-electron chi connectivity index (χ2n) is 12.9. The van der Waals surface area contributed by atoms with Crippen LogP contribution >= 0.6 is 27.3 Å². The van der Waals surface area contributed by atoms with Crippen LogP contribution in [0.1, 0.15) is 55.2 Å². The van der Waals surface area contributed by atoms with Gasteiger partial charge in [0.25, 0.3) is 0 Å². The van der Waals surface area contributed by atoms with E-state index >= 15 is 0 Å². The van der Waals surface area contributed by atoms with E-state index in [9.17, 15) is 27.6 Å². The van der Waals surface area contributed by atoms with E-state index in [1.54, 1.807) is 21.1 Å². The number of nitrogen functional groups attached to an aromatic ring is 1. The Morgan fingerprint density at radius 3 is 2.32 bits per heavy atom. The summed E-state index contributed by atoms with van der Waals surface area (Å²) in [5.74, 6) is -0.303. The van der Waals surface area contributed by atoms with E-state index in [0.717, 1.165) is 49.7 Å². The molecule has 10 nitrogen and oxygen atoms in total. The van der Waals surface area contributed by atoms with Gasteiger partial charge in [0.2, 0.25) is 5.91 Å². The van der Waals surface area contributed by atoms with Gasteiger partial charge in [-0.15, -0.1) is 11.3 Å². The average molecular weight is 741 g/mol. The molecule has 15 heteroatoms. The molecule has 1 aromatic carbocycles. The number of anilines is 2. The zero-order valence-electron chi connectivity index (χ0n) is 26.2. The lowest BCUT2D eigenvalue weighted by molar-refractivity contribution is -0.137. The molecule has 2 aromatic rings. The molecule has 0 saturated carbocycles. The lowest BCUT2D eigenvalue weighted by Gasteiger charge is -2.39. The number of piperidine rings is 2. The molecule has 0 bridgehead atoms. The Balaban J connectivity index is 1.12. The fourth-order valence-electron chi connectivity index (χ4n) is 7.37. The van der Waals surface area contributed by atoms with Gasteiger partial charge in [-0.3, -0.25) is 4.79 Å². The monoisotopic (exact) mass is 739 g/mol. The van der Waals surface area contributed by atoms with Crippen LogP contribution < -0.4 is 16.4 Å². The number of hydrogen-bond acceptors (Lipinski definition) is 6. The Morgan fingerprint density at radius 2 is 1.64 bits per heavy atom. The normalized spacial score (nSPS) is 20.9. The minimum absolute atomic E-state index is 0.0334. The Bertz CT molecular complexity index is 1470. The highest BCUT2D eigenvalue weighted by Gasteiger charge is 2.37. The van der Waals surface area contributed by atoms with Crippen LogP contribution in [0.4, 0.5) is 34.1 Å². The quantitative estimate of drug-likeness (QED) is 0.345. The molecule has 0 unspecified atom stereocenters. The third-order valence-electron chi connectivity index (χ3n) is 10.0. The maximum atomic E-state index is 14.0. The van der Waals surface area contributed by atoms with Crippen LogP contribution in [0.3, 0.4) is 0 Å². The fraction of sp³-hybridized carbons (Fsp3) is 0.594. The summed E-state index contributed by atoms with van der Waals surface area (Å²) >= 11 is 4.71. The van der Waals surface area contributed by atoms with Gasteiger partial charge in [-0.05, 0) is 103 Å². The van der Waals surface area contributed by atoms with Crippen molar-refractivity contribution in [2.75, 3.05) is 56.9 Å². The average Bonchev–Trinajstić information content (AvgIpc) is 3.72. The van der Waals surface area contributed by atoms with Crippen LogP contribution in [-0.2, 0) is 23.8 Å². The van der Waals surface area contributed by atoms with Gasteiger partial charge in [-0.1, -0.05) is 0 Å². The van der Waals surface area contributed by atoms with Crippen LogP contribution in [0.2, 0.25) is 0 Å². The van der Waals surface area contributed by atoms with Gasteiger partial charge in [0.1, 0.15) is 6.04 Å². The number of halogens is 4. The maximum Gasteiger partial charge on any atom is 0.418 e. The SMILES string of the molecule is Nc1c(Br)cc(C[C@@H](NC(=O)N2CCC(N3CCc4cscc4NC3=O)CC2)C(=O)N2CCC(N3CCCC3)CC2)cc1C(F)(F)F. The van der Waals surface area contributed by atoms with Crippen molar-refractivity contribution in [3.63, 3.8) is 0 Å². The predicted octanol–water partition coefficient (Wildman–Crippen LogP) is 5.37. The van der Waals surface area contributed by atoms with Crippen molar-refractivity contribution in [1.29, 1.82) is 0 Å². The van der Waals surface area contributed by atoms with E-state index in [4.69, 9.17) is 5.73 Å². The molecule has 47 heavy (non-hydrogen) atoms. The number of urea groups is 2.